The predicted molar refractivity (Wildman–Crippen MR) is 202 cm³/mol. The van der Waals surface area contributed by atoms with Crippen LogP contribution >= 0.6 is 21.6 Å². The molecule has 0 aromatic heterocycles. The Kier molecular flexibility index (Phi) is 20.0. The van der Waals surface area contributed by atoms with E-state index in [4.69, 9.17) is 16.2 Å². The van der Waals surface area contributed by atoms with Crippen molar-refractivity contribution in [1.82, 2.24) is 31.9 Å². The largest absolute Gasteiger partial charge is 0.494 e. The number of nitrogens with one attached hydrogen (secondary N) is 6. The van der Waals surface area contributed by atoms with E-state index in [-0.39, 0.29) is 30.9 Å². The van der Waals surface area contributed by atoms with Crippen molar-refractivity contribution < 1.29 is 43.4 Å². The van der Waals surface area contributed by atoms with Crippen LogP contribution in [0.25, 0.3) is 0 Å². The second-order valence-corrected chi connectivity index (χ2v) is 15.2. The fourth-order valence-corrected chi connectivity index (χ4v) is 7.23. The summed E-state index contributed by atoms with van der Waals surface area (Å²) in [4.78, 5) is 92.7. The van der Waals surface area contributed by atoms with Gasteiger partial charge in [0.25, 0.3) is 0 Å². The zero-order chi connectivity index (χ0) is 39.5. The summed E-state index contributed by atoms with van der Waals surface area (Å²) in [6, 6.07) is 0.396. The Morgan fingerprint density at radius 3 is 2.15 bits per heavy atom. The van der Waals surface area contributed by atoms with Crippen LogP contribution in [0.2, 0.25) is 0 Å². The van der Waals surface area contributed by atoms with Gasteiger partial charge in [-0.15, -0.1) is 0 Å². The molecule has 0 radical (unpaired) electrons. The molecule has 1 aliphatic rings. The summed E-state index contributed by atoms with van der Waals surface area (Å²) in [5, 5.41) is 26.2. The SMILES string of the molecule is CCOc1ccc(CC2NC(=O)CCSSCC(C(=O)NCCCN)NC(=O)[C@H](CC(N)=O)NC(=O)[C@H]([C@@H](C)O)NC(=O)C([C@@H](C)CC)NC2=O)cc1. The van der Waals surface area contributed by atoms with Gasteiger partial charge in [0.1, 0.15) is 36.0 Å². The van der Waals surface area contributed by atoms with Gasteiger partial charge in [-0.3, -0.25) is 33.6 Å². The molecule has 1 heterocycles. The third-order valence-electron chi connectivity index (χ3n) is 8.26. The molecule has 7 atom stereocenters. The van der Waals surface area contributed by atoms with E-state index in [9.17, 15) is 38.7 Å². The average Bonchev–Trinajstić information content (AvgIpc) is 3.11. The highest BCUT2D eigenvalue weighted by Crippen LogP contribution is 2.23. The Morgan fingerprint density at radius 2 is 1.55 bits per heavy atom. The Hall–Kier alpha value is -4.07. The number of amides is 7. The number of hydrogen-bond acceptors (Lipinski definition) is 12. The number of benzene rings is 1. The fraction of sp³-hybridized carbons (Fsp3) is 0.618. The van der Waals surface area contributed by atoms with E-state index >= 15 is 0 Å². The predicted octanol–water partition coefficient (Wildman–Crippen LogP) is -1.40. The van der Waals surface area contributed by atoms with Crippen LogP contribution in [0.3, 0.4) is 0 Å². The van der Waals surface area contributed by atoms with Gasteiger partial charge in [0, 0.05) is 30.9 Å². The van der Waals surface area contributed by atoms with E-state index in [1.165, 1.54) is 28.5 Å². The lowest BCUT2D eigenvalue weighted by atomic mass is 9.96. The van der Waals surface area contributed by atoms with Crippen LogP contribution in [-0.2, 0) is 40.0 Å². The number of hydrogen-bond donors (Lipinski definition) is 9. The van der Waals surface area contributed by atoms with Gasteiger partial charge in [0.05, 0.1) is 19.1 Å². The summed E-state index contributed by atoms with van der Waals surface area (Å²) in [6.07, 6.45) is -1.16. The van der Waals surface area contributed by atoms with Crippen LogP contribution in [0.15, 0.2) is 24.3 Å². The van der Waals surface area contributed by atoms with Gasteiger partial charge in [-0.1, -0.05) is 54.0 Å². The minimum atomic E-state index is -1.64. The first kappa shape index (κ1) is 45.1. The Bertz CT molecular complexity index is 1400. The van der Waals surface area contributed by atoms with Gasteiger partial charge in [-0.25, -0.2) is 0 Å². The molecular weight excluding hydrogens is 729 g/mol. The van der Waals surface area contributed by atoms with E-state index in [1.807, 2.05) is 6.92 Å². The molecular formula is C34H54N8O9S2. The van der Waals surface area contributed by atoms with Gasteiger partial charge in [-0.2, -0.15) is 0 Å². The number of carbonyl (C=O) groups is 7. The number of aliphatic hydroxyl groups excluding tert-OH is 1. The quantitative estimate of drug-likeness (QED) is 0.0827. The van der Waals surface area contributed by atoms with Crippen molar-refractivity contribution in [3.63, 3.8) is 0 Å². The minimum Gasteiger partial charge on any atom is -0.494 e. The highest BCUT2D eigenvalue weighted by Gasteiger charge is 2.36. The first-order valence-corrected chi connectivity index (χ1v) is 20.1. The molecule has 0 bridgehead atoms. The van der Waals surface area contributed by atoms with Crippen molar-refractivity contribution in [3.05, 3.63) is 29.8 Å². The molecule has 3 unspecified atom stereocenters. The van der Waals surface area contributed by atoms with Crippen molar-refractivity contribution in [2.24, 2.45) is 17.4 Å². The molecule has 0 aliphatic carbocycles. The van der Waals surface area contributed by atoms with E-state index in [2.05, 4.69) is 31.9 Å². The van der Waals surface area contributed by atoms with E-state index in [0.29, 0.717) is 37.3 Å². The molecule has 1 aliphatic heterocycles. The standard InChI is InChI=1S/C34H54N8O9S2/c1-5-19(3)28-33(49)42-29(20(4)43)34(50)39-24(17-26(36)44)31(47)40-25(30(46)37-14-7-13-35)18-53-52-15-12-27(45)38-23(32(48)41-28)16-21-8-10-22(11-9-21)51-6-2/h8-11,19-20,23-25,28-29,43H,5-7,12-18,35H2,1-4H3,(H2,36,44)(H,37,46)(H,38,45)(H,39,50)(H,40,47)(H,41,48)(H,42,49)/t19-,20+,23?,24-,25?,28?,29-/m0/s1. The van der Waals surface area contributed by atoms with E-state index in [0.717, 1.165) is 0 Å². The van der Waals surface area contributed by atoms with Gasteiger partial charge >= 0.3 is 0 Å². The van der Waals surface area contributed by atoms with Gasteiger partial charge in [0.2, 0.25) is 41.4 Å². The monoisotopic (exact) mass is 782 g/mol. The highest BCUT2D eigenvalue weighted by atomic mass is 33.1. The maximum Gasteiger partial charge on any atom is 0.245 e. The number of ether oxygens (including phenoxy) is 1. The summed E-state index contributed by atoms with van der Waals surface area (Å²) < 4.78 is 5.51. The van der Waals surface area contributed by atoms with Crippen LogP contribution in [-0.4, -0.2) is 114 Å². The average molecular weight is 783 g/mol. The molecule has 1 fully saturated rings. The van der Waals surface area contributed by atoms with Crippen LogP contribution in [0.1, 0.15) is 58.9 Å². The van der Waals surface area contributed by atoms with Gasteiger partial charge < -0.3 is 53.2 Å². The maximum atomic E-state index is 13.8. The summed E-state index contributed by atoms with van der Waals surface area (Å²) in [7, 11) is 2.46. The van der Waals surface area contributed by atoms with Gasteiger partial charge in [-0.05, 0) is 50.4 Å². The second-order valence-electron chi connectivity index (χ2n) is 12.6. The summed E-state index contributed by atoms with van der Waals surface area (Å²) in [5.74, 6) is -4.83. The maximum absolute atomic E-state index is 13.8. The van der Waals surface area contributed by atoms with Crippen LogP contribution < -0.4 is 48.1 Å². The molecule has 1 aromatic rings. The Labute approximate surface area is 317 Å². The summed E-state index contributed by atoms with van der Waals surface area (Å²) in [5.41, 5.74) is 11.6. The molecule has 7 amide bonds. The summed E-state index contributed by atoms with van der Waals surface area (Å²) >= 11 is 0. The van der Waals surface area contributed by atoms with Crippen molar-refractivity contribution >= 4 is 62.9 Å². The second kappa shape index (κ2) is 23.6. The minimum absolute atomic E-state index is 0.00249. The van der Waals surface area contributed by atoms with Crippen molar-refractivity contribution in [3.8, 4) is 5.75 Å². The first-order valence-electron chi connectivity index (χ1n) is 17.6. The van der Waals surface area contributed by atoms with Crippen molar-refractivity contribution in [2.45, 2.75) is 96.1 Å². The molecule has 11 N–H and O–H groups in total. The number of carbonyl (C=O) groups excluding carboxylic acids is 7. The molecule has 0 spiro atoms. The normalized spacial score (nSPS) is 23.9. The molecule has 53 heavy (non-hydrogen) atoms. The van der Waals surface area contributed by atoms with Gasteiger partial charge in [0.15, 0.2) is 0 Å². The number of nitrogens with two attached hydrogens (primary N) is 2. The third-order valence-corrected chi connectivity index (χ3v) is 10.7. The Morgan fingerprint density at radius 1 is 0.906 bits per heavy atom. The van der Waals surface area contributed by atoms with Crippen LogP contribution in [0.4, 0.5) is 0 Å². The lowest BCUT2D eigenvalue weighted by molar-refractivity contribution is -0.137. The fourth-order valence-electron chi connectivity index (χ4n) is 5.08. The van der Waals surface area contributed by atoms with E-state index in [1.54, 1.807) is 38.1 Å². The summed E-state index contributed by atoms with van der Waals surface area (Å²) in [6.45, 7) is 7.63. The number of primary amides is 1. The van der Waals surface area contributed by atoms with Crippen molar-refractivity contribution in [2.75, 3.05) is 31.2 Å². The zero-order valence-corrected chi connectivity index (χ0v) is 32.2. The smallest absolute Gasteiger partial charge is 0.245 e. The lowest BCUT2D eigenvalue weighted by Gasteiger charge is -2.30. The molecule has 17 nitrogen and oxygen atoms in total. The Balaban J connectivity index is 2.50. The molecule has 1 saturated heterocycles. The molecule has 0 saturated carbocycles. The molecule has 296 valence electrons. The topological polar surface area (TPSA) is 273 Å². The third kappa shape index (κ3) is 15.8. The zero-order valence-electron chi connectivity index (χ0n) is 30.6. The highest BCUT2D eigenvalue weighted by molar-refractivity contribution is 8.76. The van der Waals surface area contributed by atoms with E-state index < -0.39 is 90.0 Å². The van der Waals surface area contributed by atoms with Crippen molar-refractivity contribution in [1.29, 1.82) is 0 Å². The number of rotatable bonds is 13. The lowest BCUT2D eigenvalue weighted by Crippen LogP contribution is -2.62. The molecule has 2 rings (SSSR count). The van der Waals surface area contributed by atoms with Crippen LogP contribution in [0, 0.1) is 5.92 Å². The first-order chi connectivity index (χ1) is 25.2. The molecule has 19 heteroatoms. The van der Waals surface area contributed by atoms with Crippen LogP contribution in [0.5, 0.6) is 5.75 Å². The molecule has 1 aromatic carbocycles. The number of aliphatic hydroxyl groups is 1.